The number of hydrogen-bond acceptors (Lipinski definition) is 5. The van der Waals surface area contributed by atoms with Crippen LogP contribution in [0.5, 0.6) is 0 Å². The summed E-state index contributed by atoms with van der Waals surface area (Å²) >= 11 is 0. The zero-order valence-corrected chi connectivity index (χ0v) is 26.0. The first-order chi connectivity index (χ1) is 22.4. The molecule has 2 N–H and O–H groups in total. The van der Waals surface area contributed by atoms with Gasteiger partial charge in [-0.05, 0) is 66.3 Å². The van der Waals surface area contributed by atoms with E-state index in [2.05, 4.69) is 16.0 Å². The number of carbonyl (C=O) groups is 2. The smallest absolute Gasteiger partial charge is 0.404 e. The number of ether oxygens (including phenoxy) is 1. The van der Waals surface area contributed by atoms with E-state index in [1.807, 2.05) is 77.8 Å². The first-order valence-electron chi connectivity index (χ1n) is 15.8. The highest BCUT2D eigenvalue weighted by atomic mass is 16.5. The molecule has 0 aliphatic carbocycles. The molecule has 6 rings (SSSR count). The fourth-order valence-electron chi connectivity index (χ4n) is 6.56. The largest absolute Gasteiger partial charge is 0.465 e. The number of methoxy groups -OCH3 is 1. The predicted octanol–water partition coefficient (Wildman–Crippen LogP) is 5.35. The SMILES string of the molecule is COCCCn1c([C@@H]2CCCN(C(=O)C[C@@H](Cc3ccc(-n4cc5ccccc5cc4=O)cc3)NC(=O)O)C2)nc2ccccc21. The number of likely N-dealkylation sites (tertiary alicyclic amines) is 1. The van der Waals surface area contributed by atoms with Crippen LogP contribution >= 0.6 is 0 Å². The Morgan fingerprint density at radius 3 is 2.59 bits per heavy atom. The Bertz CT molecular complexity index is 1900. The van der Waals surface area contributed by atoms with Gasteiger partial charge >= 0.3 is 6.09 Å². The van der Waals surface area contributed by atoms with E-state index >= 15 is 0 Å². The monoisotopic (exact) mass is 621 g/mol. The van der Waals surface area contributed by atoms with Gasteiger partial charge in [0.25, 0.3) is 5.56 Å². The van der Waals surface area contributed by atoms with Crippen LogP contribution in [0.1, 0.15) is 43.0 Å². The van der Waals surface area contributed by atoms with Crippen molar-refractivity contribution in [3.8, 4) is 5.69 Å². The number of aromatic nitrogens is 3. The number of hydrogen-bond donors (Lipinski definition) is 2. The molecule has 1 fully saturated rings. The van der Waals surface area contributed by atoms with Crippen molar-refractivity contribution in [2.75, 3.05) is 26.8 Å². The average Bonchev–Trinajstić information content (AvgIpc) is 3.43. The number of amides is 2. The zero-order chi connectivity index (χ0) is 32.0. The number of para-hydroxylation sites is 2. The molecule has 1 saturated heterocycles. The van der Waals surface area contributed by atoms with Gasteiger partial charge in [0.05, 0.1) is 11.0 Å². The van der Waals surface area contributed by atoms with Crippen molar-refractivity contribution in [2.45, 2.75) is 50.6 Å². The van der Waals surface area contributed by atoms with Crippen molar-refractivity contribution < 1.29 is 19.4 Å². The first kappa shape index (κ1) is 31.0. The molecule has 0 unspecified atom stereocenters. The van der Waals surface area contributed by atoms with E-state index in [-0.39, 0.29) is 23.8 Å². The van der Waals surface area contributed by atoms with Crippen molar-refractivity contribution in [3.05, 3.63) is 107 Å². The van der Waals surface area contributed by atoms with E-state index in [0.29, 0.717) is 31.8 Å². The molecule has 3 heterocycles. The van der Waals surface area contributed by atoms with E-state index in [9.17, 15) is 19.5 Å². The number of nitrogens with zero attached hydrogens (tertiary/aromatic N) is 4. The first-order valence-corrected chi connectivity index (χ1v) is 15.8. The normalized spacial score (nSPS) is 15.7. The Kier molecular flexibility index (Phi) is 9.44. The van der Waals surface area contributed by atoms with Crippen LogP contribution in [-0.2, 0) is 22.5 Å². The van der Waals surface area contributed by atoms with Gasteiger partial charge in [0.1, 0.15) is 5.82 Å². The molecule has 0 bridgehead atoms. The molecule has 1 aliphatic rings. The van der Waals surface area contributed by atoms with Crippen LogP contribution in [0.25, 0.3) is 27.5 Å². The highest BCUT2D eigenvalue weighted by molar-refractivity contribution is 5.82. The van der Waals surface area contributed by atoms with Gasteiger partial charge in [0.2, 0.25) is 5.91 Å². The third kappa shape index (κ3) is 6.97. The van der Waals surface area contributed by atoms with Crippen LogP contribution in [-0.4, -0.2) is 69.0 Å². The van der Waals surface area contributed by atoms with Crippen LogP contribution in [0.15, 0.2) is 89.9 Å². The van der Waals surface area contributed by atoms with Gasteiger partial charge in [-0.1, -0.05) is 48.5 Å². The summed E-state index contributed by atoms with van der Waals surface area (Å²) in [5.41, 5.74) is 3.48. The lowest BCUT2D eigenvalue weighted by atomic mass is 9.95. The lowest BCUT2D eigenvalue weighted by Gasteiger charge is -2.33. The Morgan fingerprint density at radius 2 is 1.80 bits per heavy atom. The molecular formula is C36H39N5O5. The lowest BCUT2D eigenvalue weighted by Crippen LogP contribution is -2.44. The Hall–Kier alpha value is -4.96. The standard InChI is InChI=1S/C36H39N5O5/c1-46-19-7-18-40-32-12-5-4-11-31(32)38-35(40)28-10-6-17-39(23-28)33(42)22-29(37-36(44)45)20-25-13-15-30(16-14-25)41-24-27-9-3-2-8-26(27)21-34(41)43/h2-5,8-9,11-16,21,24,28-29,37H,6-7,10,17-20,22-23H2,1H3,(H,44,45)/t28-,29-/m1/s1. The number of pyridine rings is 1. The van der Waals surface area contributed by atoms with E-state index in [4.69, 9.17) is 9.72 Å². The maximum atomic E-state index is 13.6. The minimum atomic E-state index is -1.17. The summed E-state index contributed by atoms with van der Waals surface area (Å²) in [7, 11) is 1.70. The molecule has 1 aliphatic heterocycles. The van der Waals surface area contributed by atoms with E-state index in [0.717, 1.165) is 59.0 Å². The van der Waals surface area contributed by atoms with Crippen LogP contribution in [0.3, 0.4) is 0 Å². The van der Waals surface area contributed by atoms with Crippen LogP contribution in [0.4, 0.5) is 4.79 Å². The van der Waals surface area contributed by atoms with Crippen LogP contribution < -0.4 is 10.9 Å². The number of carboxylic acid groups (broad SMARTS) is 1. The summed E-state index contributed by atoms with van der Waals surface area (Å²) in [4.78, 5) is 44.9. The molecular weight excluding hydrogens is 582 g/mol. The van der Waals surface area contributed by atoms with Crippen molar-refractivity contribution in [1.82, 2.24) is 24.3 Å². The van der Waals surface area contributed by atoms with Gasteiger partial charge in [-0.2, -0.15) is 0 Å². The Balaban J connectivity index is 1.15. The number of imidazole rings is 1. The second-order valence-electron chi connectivity index (χ2n) is 12.0. The maximum absolute atomic E-state index is 13.6. The van der Waals surface area contributed by atoms with Gasteiger partial charge in [-0.3, -0.25) is 14.2 Å². The summed E-state index contributed by atoms with van der Waals surface area (Å²) < 4.78 is 9.15. The van der Waals surface area contributed by atoms with E-state index in [1.54, 1.807) is 17.7 Å². The van der Waals surface area contributed by atoms with Gasteiger partial charge in [0, 0.05) is 69.7 Å². The van der Waals surface area contributed by atoms with Crippen LogP contribution in [0.2, 0.25) is 0 Å². The number of carbonyl (C=O) groups excluding carboxylic acids is 1. The molecule has 238 valence electrons. The molecule has 46 heavy (non-hydrogen) atoms. The molecule has 0 spiro atoms. The highest BCUT2D eigenvalue weighted by Crippen LogP contribution is 2.30. The fourth-order valence-corrected chi connectivity index (χ4v) is 6.56. The Labute approximate surface area is 267 Å². The number of nitrogens with one attached hydrogen (secondary N) is 1. The summed E-state index contributed by atoms with van der Waals surface area (Å²) in [6, 6.07) is 24.3. The van der Waals surface area contributed by atoms with Gasteiger partial charge in [-0.15, -0.1) is 0 Å². The van der Waals surface area contributed by atoms with E-state index in [1.165, 1.54) is 0 Å². The van der Waals surface area contributed by atoms with Crippen LogP contribution in [0, 0.1) is 0 Å². The number of fused-ring (bicyclic) bond motifs is 2. The summed E-state index contributed by atoms with van der Waals surface area (Å²) in [6.45, 7) is 2.62. The molecule has 2 aromatic heterocycles. The van der Waals surface area contributed by atoms with Crippen molar-refractivity contribution in [1.29, 1.82) is 0 Å². The van der Waals surface area contributed by atoms with Crippen molar-refractivity contribution in [3.63, 3.8) is 0 Å². The summed E-state index contributed by atoms with van der Waals surface area (Å²) in [5, 5.41) is 14.0. The molecule has 0 saturated carbocycles. The number of benzene rings is 3. The molecule has 0 radical (unpaired) electrons. The second kappa shape index (κ2) is 14.0. The second-order valence-corrected chi connectivity index (χ2v) is 12.0. The average molecular weight is 622 g/mol. The summed E-state index contributed by atoms with van der Waals surface area (Å²) in [6.07, 6.45) is 3.69. The van der Waals surface area contributed by atoms with Crippen molar-refractivity contribution >= 4 is 33.8 Å². The van der Waals surface area contributed by atoms with Gasteiger partial charge in [0.15, 0.2) is 0 Å². The third-order valence-electron chi connectivity index (χ3n) is 8.78. The molecule has 10 nitrogen and oxygen atoms in total. The third-order valence-corrected chi connectivity index (χ3v) is 8.78. The quantitative estimate of drug-likeness (QED) is 0.192. The molecule has 3 aromatic carbocycles. The predicted molar refractivity (Wildman–Crippen MR) is 178 cm³/mol. The lowest BCUT2D eigenvalue weighted by molar-refractivity contribution is -0.132. The minimum absolute atomic E-state index is 0.0508. The molecule has 2 amide bonds. The minimum Gasteiger partial charge on any atom is -0.465 e. The van der Waals surface area contributed by atoms with Gasteiger partial charge in [-0.25, -0.2) is 9.78 Å². The topological polar surface area (TPSA) is 119 Å². The van der Waals surface area contributed by atoms with Crippen molar-refractivity contribution in [2.24, 2.45) is 0 Å². The highest BCUT2D eigenvalue weighted by Gasteiger charge is 2.30. The maximum Gasteiger partial charge on any atom is 0.404 e. The number of piperidine rings is 1. The molecule has 2 atom stereocenters. The van der Waals surface area contributed by atoms with E-state index < -0.39 is 12.1 Å². The zero-order valence-electron chi connectivity index (χ0n) is 26.0. The summed E-state index contributed by atoms with van der Waals surface area (Å²) in [5.74, 6) is 0.995. The molecule has 10 heteroatoms. The number of rotatable bonds is 11. The fraction of sp³-hybridized carbons (Fsp3) is 0.333. The van der Waals surface area contributed by atoms with Gasteiger partial charge < -0.3 is 24.6 Å². The number of aryl methyl sites for hydroxylation is 1. The Morgan fingerprint density at radius 1 is 1.04 bits per heavy atom. The molecule has 5 aromatic rings.